The fourth-order valence-electron chi connectivity index (χ4n) is 1.93. The van der Waals surface area contributed by atoms with E-state index in [1.807, 2.05) is 0 Å². The number of hydrogen-bond donors (Lipinski definition) is 1. The molecular formula is C17H13F3N2O6. The van der Waals surface area contributed by atoms with E-state index >= 15 is 0 Å². The molecule has 2 aromatic carbocycles. The van der Waals surface area contributed by atoms with Crippen LogP contribution in [-0.2, 0) is 20.5 Å². The third-order valence-corrected chi connectivity index (χ3v) is 3.26. The highest BCUT2D eigenvalue weighted by Gasteiger charge is 2.30. The molecule has 2 rings (SSSR count). The summed E-state index contributed by atoms with van der Waals surface area (Å²) >= 11 is 0. The molecule has 0 heterocycles. The number of rotatable bonds is 7. The summed E-state index contributed by atoms with van der Waals surface area (Å²) in [5.74, 6) is -1.43. The SMILES string of the molecule is O=C(COC(=O)COc1ccc([N+](=O)[O-])cc1)Nc1ccc(C(F)(F)F)cc1. The Morgan fingerprint density at radius 3 is 2.14 bits per heavy atom. The van der Waals surface area contributed by atoms with Gasteiger partial charge in [-0.3, -0.25) is 14.9 Å². The van der Waals surface area contributed by atoms with Crippen molar-refractivity contribution in [3.8, 4) is 5.75 Å². The van der Waals surface area contributed by atoms with Gasteiger partial charge in [0, 0.05) is 17.8 Å². The minimum Gasteiger partial charge on any atom is -0.482 e. The van der Waals surface area contributed by atoms with E-state index in [1.54, 1.807) is 0 Å². The summed E-state index contributed by atoms with van der Waals surface area (Å²) in [5.41, 5.74) is -0.897. The number of esters is 1. The first-order chi connectivity index (χ1) is 13.1. The van der Waals surface area contributed by atoms with Crippen LogP contribution in [0.15, 0.2) is 48.5 Å². The zero-order chi connectivity index (χ0) is 20.7. The van der Waals surface area contributed by atoms with E-state index in [1.165, 1.54) is 24.3 Å². The van der Waals surface area contributed by atoms with Gasteiger partial charge in [0.25, 0.3) is 11.6 Å². The van der Waals surface area contributed by atoms with Gasteiger partial charge in [-0.2, -0.15) is 13.2 Å². The first-order valence-corrected chi connectivity index (χ1v) is 7.65. The van der Waals surface area contributed by atoms with Crippen molar-refractivity contribution in [2.75, 3.05) is 18.5 Å². The maximum Gasteiger partial charge on any atom is 0.416 e. The number of carbonyl (C=O) groups is 2. The van der Waals surface area contributed by atoms with Crippen molar-refractivity contribution < 1.29 is 37.2 Å². The van der Waals surface area contributed by atoms with Crippen molar-refractivity contribution in [2.24, 2.45) is 0 Å². The van der Waals surface area contributed by atoms with Crippen LogP contribution in [0.1, 0.15) is 5.56 Å². The Kier molecular flexibility index (Phi) is 6.53. The predicted octanol–water partition coefficient (Wildman–Crippen LogP) is 3.17. The van der Waals surface area contributed by atoms with Crippen LogP contribution < -0.4 is 10.1 Å². The number of benzene rings is 2. The maximum absolute atomic E-state index is 12.5. The Morgan fingerprint density at radius 1 is 1.00 bits per heavy atom. The van der Waals surface area contributed by atoms with Gasteiger partial charge in [0.15, 0.2) is 13.2 Å². The van der Waals surface area contributed by atoms with Crippen LogP contribution in [0.5, 0.6) is 5.75 Å². The monoisotopic (exact) mass is 398 g/mol. The summed E-state index contributed by atoms with van der Waals surface area (Å²) in [4.78, 5) is 33.1. The molecule has 0 saturated carbocycles. The second kappa shape index (κ2) is 8.84. The van der Waals surface area contributed by atoms with Crippen molar-refractivity contribution in [2.45, 2.75) is 6.18 Å². The Labute approximate surface area is 156 Å². The molecule has 0 aliphatic heterocycles. The summed E-state index contributed by atoms with van der Waals surface area (Å²) in [6, 6.07) is 8.72. The number of nitrogens with zero attached hydrogens (tertiary/aromatic N) is 1. The fraction of sp³-hybridized carbons (Fsp3) is 0.176. The van der Waals surface area contributed by atoms with Crippen molar-refractivity contribution >= 4 is 23.3 Å². The fourth-order valence-corrected chi connectivity index (χ4v) is 1.93. The van der Waals surface area contributed by atoms with Crippen molar-refractivity contribution in [3.05, 3.63) is 64.2 Å². The summed E-state index contributed by atoms with van der Waals surface area (Å²) in [7, 11) is 0. The molecule has 11 heteroatoms. The van der Waals surface area contributed by atoms with E-state index in [4.69, 9.17) is 4.74 Å². The number of alkyl halides is 3. The lowest BCUT2D eigenvalue weighted by molar-refractivity contribution is -0.384. The summed E-state index contributed by atoms with van der Waals surface area (Å²) in [6.45, 7) is -1.20. The number of halogens is 3. The quantitative estimate of drug-likeness (QED) is 0.436. The summed E-state index contributed by atoms with van der Waals surface area (Å²) in [6.07, 6.45) is -4.48. The number of carbonyl (C=O) groups excluding carboxylic acids is 2. The number of nitro benzene ring substituents is 1. The number of non-ortho nitro benzene ring substituents is 1. The standard InChI is InChI=1S/C17H13F3N2O6/c18-17(19,20)11-1-3-12(4-2-11)21-15(23)9-28-16(24)10-27-14-7-5-13(6-8-14)22(25)26/h1-8H,9-10H2,(H,21,23). The first kappa shape index (κ1) is 20.7. The Bertz CT molecular complexity index is 851. The lowest BCUT2D eigenvalue weighted by Gasteiger charge is -2.09. The number of nitrogens with one attached hydrogen (secondary N) is 1. The van der Waals surface area contributed by atoms with Gasteiger partial charge < -0.3 is 14.8 Å². The minimum atomic E-state index is -4.48. The highest BCUT2D eigenvalue weighted by Crippen LogP contribution is 2.29. The van der Waals surface area contributed by atoms with E-state index in [2.05, 4.69) is 10.1 Å². The summed E-state index contributed by atoms with van der Waals surface area (Å²) in [5, 5.41) is 12.8. The molecule has 0 saturated heterocycles. The molecule has 0 radical (unpaired) electrons. The average Bonchev–Trinajstić information content (AvgIpc) is 2.64. The molecule has 1 N–H and O–H groups in total. The maximum atomic E-state index is 12.5. The van der Waals surface area contributed by atoms with Crippen LogP contribution in [0.3, 0.4) is 0 Å². The van der Waals surface area contributed by atoms with Gasteiger partial charge in [-0.1, -0.05) is 0 Å². The van der Waals surface area contributed by atoms with Crippen LogP contribution in [0, 0.1) is 10.1 Å². The van der Waals surface area contributed by atoms with E-state index in [-0.39, 0.29) is 17.1 Å². The van der Waals surface area contributed by atoms with Crippen LogP contribution >= 0.6 is 0 Å². The smallest absolute Gasteiger partial charge is 0.416 e. The molecule has 0 unspecified atom stereocenters. The molecule has 0 fully saturated rings. The lowest BCUT2D eigenvalue weighted by Crippen LogP contribution is -2.23. The largest absolute Gasteiger partial charge is 0.482 e. The Morgan fingerprint density at radius 2 is 1.61 bits per heavy atom. The van der Waals surface area contributed by atoms with Crippen LogP contribution in [0.25, 0.3) is 0 Å². The van der Waals surface area contributed by atoms with Gasteiger partial charge >= 0.3 is 12.1 Å². The van der Waals surface area contributed by atoms with Gasteiger partial charge in [-0.05, 0) is 36.4 Å². The lowest BCUT2D eigenvalue weighted by atomic mass is 10.2. The van der Waals surface area contributed by atoms with Gasteiger partial charge in [0.05, 0.1) is 10.5 Å². The molecule has 1 amide bonds. The third kappa shape index (κ3) is 6.27. The molecule has 8 nitrogen and oxygen atoms in total. The minimum absolute atomic E-state index is 0.108. The van der Waals surface area contributed by atoms with Crippen LogP contribution in [0.4, 0.5) is 24.5 Å². The number of ether oxygens (including phenoxy) is 2. The van der Waals surface area contributed by atoms with E-state index < -0.39 is 41.8 Å². The molecule has 0 spiro atoms. The number of amides is 1. The van der Waals surface area contributed by atoms with Gasteiger partial charge in [-0.25, -0.2) is 4.79 Å². The van der Waals surface area contributed by atoms with Crippen molar-refractivity contribution in [1.29, 1.82) is 0 Å². The average molecular weight is 398 g/mol. The predicted molar refractivity (Wildman–Crippen MR) is 89.6 cm³/mol. The molecular weight excluding hydrogens is 385 g/mol. The molecule has 0 bridgehead atoms. The topological polar surface area (TPSA) is 108 Å². The Balaban J connectivity index is 1.74. The van der Waals surface area contributed by atoms with Gasteiger partial charge in [-0.15, -0.1) is 0 Å². The van der Waals surface area contributed by atoms with E-state index in [9.17, 15) is 32.9 Å². The molecule has 2 aromatic rings. The highest BCUT2D eigenvalue weighted by molar-refractivity contribution is 5.92. The second-order valence-corrected chi connectivity index (χ2v) is 5.32. The van der Waals surface area contributed by atoms with Crippen LogP contribution in [0.2, 0.25) is 0 Å². The molecule has 28 heavy (non-hydrogen) atoms. The Hall–Kier alpha value is -3.63. The van der Waals surface area contributed by atoms with Crippen LogP contribution in [-0.4, -0.2) is 30.0 Å². The van der Waals surface area contributed by atoms with Gasteiger partial charge in [0.2, 0.25) is 0 Å². The first-order valence-electron chi connectivity index (χ1n) is 7.65. The highest BCUT2D eigenvalue weighted by atomic mass is 19.4. The van der Waals surface area contributed by atoms with Gasteiger partial charge in [0.1, 0.15) is 5.75 Å². The van der Waals surface area contributed by atoms with E-state index in [0.29, 0.717) is 0 Å². The van der Waals surface area contributed by atoms with E-state index in [0.717, 1.165) is 24.3 Å². The molecule has 0 aliphatic rings. The molecule has 0 aliphatic carbocycles. The normalized spacial score (nSPS) is 10.8. The van der Waals surface area contributed by atoms with Crippen molar-refractivity contribution in [1.82, 2.24) is 0 Å². The zero-order valence-corrected chi connectivity index (χ0v) is 14.1. The number of hydrogen-bond acceptors (Lipinski definition) is 6. The zero-order valence-electron chi connectivity index (χ0n) is 14.1. The molecule has 148 valence electrons. The number of nitro groups is 1. The molecule has 0 atom stereocenters. The van der Waals surface area contributed by atoms with Crippen molar-refractivity contribution in [3.63, 3.8) is 0 Å². The second-order valence-electron chi connectivity index (χ2n) is 5.32. The summed E-state index contributed by atoms with van der Waals surface area (Å²) < 4.78 is 47.1. The third-order valence-electron chi connectivity index (χ3n) is 3.26. The number of anilines is 1. The molecule has 0 aromatic heterocycles.